The predicted octanol–water partition coefficient (Wildman–Crippen LogP) is 0.116. The molecule has 0 fully saturated rings. The summed E-state index contributed by atoms with van der Waals surface area (Å²) in [4.78, 5) is 0. The van der Waals surface area contributed by atoms with Gasteiger partial charge in [0.25, 0.3) is 0 Å². The Balaban J connectivity index is 0.000001000. The monoisotopic (exact) mass is 142 g/mol. The molecule has 0 radical (unpaired) electrons. The Morgan fingerprint density at radius 2 is 2.45 bits per heavy atom. The predicted molar refractivity (Wildman–Crippen MR) is 44.6 cm³/mol. The van der Waals surface area contributed by atoms with Crippen LogP contribution in [0.5, 0.6) is 0 Å². The van der Waals surface area contributed by atoms with Crippen LogP contribution in [-0.2, 0) is 0 Å². The molecule has 0 amide bonds. The second-order valence-corrected chi connectivity index (χ2v) is 2.86. The molecule has 1 atom stereocenters. The van der Waals surface area contributed by atoms with Gasteiger partial charge in [0.05, 0.1) is 0 Å². The largest absolute Gasteiger partial charge is 1.00 e. The smallest absolute Gasteiger partial charge is 0.497 e. The van der Waals surface area contributed by atoms with Gasteiger partial charge in [-0.2, -0.15) is 5.92 Å². The first-order valence-electron chi connectivity index (χ1n) is 4.12. The summed E-state index contributed by atoms with van der Waals surface area (Å²) in [6.07, 6.45) is 13.9. The van der Waals surface area contributed by atoms with Crippen LogP contribution in [-0.4, -0.2) is 0 Å². The molecule has 1 aliphatic rings. The van der Waals surface area contributed by atoms with Crippen LogP contribution in [0, 0.1) is 12.0 Å². The molecule has 0 nitrogen and oxygen atoms in total. The first-order chi connectivity index (χ1) is 4.93. The van der Waals surface area contributed by atoms with Gasteiger partial charge in [-0.05, 0) is 6.42 Å². The molecule has 0 heterocycles. The van der Waals surface area contributed by atoms with Gasteiger partial charge in [0.1, 0.15) is 0 Å². The van der Waals surface area contributed by atoms with Gasteiger partial charge in [0.2, 0.25) is 0 Å². The zero-order valence-corrected chi connectivity index (χ0v) is 7.47. The number of hydrogen-bond acceptors (Lipinski definition) is 0. The summed E-state index contributed by atoms with van der Waals surface area (Å²) in [6, 6.07) is 0. The SMILES string of the molecule is C=CCCC1[C-]=CCCC1.[Li+]. The number of hydrogen-bond donors (Lipinski definition) is 0. The first kappa shape index (κ1) is 11.1. The van der Waals surface area contributed by atoms with Crippen molar-refractivity contribution in [3.8, 4) is 0 Å². The van der Waals surface area contributed by atoms with Gasteiger partial charge in [0.15, 0.2) is 0 Å². The molecule has 56 valence electrons. The normalized spacial score (nSPS) is 22.4. The van der Waals surface area contributed by atoms with Gasteiger partial charge < -0.3 is 6.08 Å². The molecule has 0 saturated heterocycles. The molecule has 0 N–H and O–H groups in total. The molecule has 1 aliphatic carbocycles. The summed E-state index contributed by atoms with van der Waals surface area (Å²) >= 11 is 0. The Kier molecular flexibility index (Phi) is 6.81. The van der Waals surface area contributed by atoms with E-state index in [1.165, 1.54) is 25.7 Å². The molecule has 0 aromatic carbocycles. The van der Waals surface area contributed by atoms with E-state index >= 15 is 0 Å². The number of rotatable bonds is 3. The molecular formula is C10H15Li. The number of allylic oxidation sites excluding steroid dienone is 3. The third-order valence-corrected chi connectivity index (χ3v) is 1.97. The maximum absolute atomic E-state index is 3.71. The maximum atomic E-state index is 3.71. The van der Waals surface area contributed by atoms with E-state index in [4.69, 9.17) is 0 Å². The average Bonchev–Trinajstić information content (AvgIpc) is 2.03. The van der Waals surface area contributed by atoms with E-state index in [1.54, 1.807) is 0 Å². The van der Waals surface area contributed by atoms with E-state index in [0.29, 0.717) is 0 Å². The van der Waals surface area contributed by atoms with Crippen LogP contribution in [0.3, 0.4) is 0 Å². The van der Waals surface area contributed by atoms with Crippen LogP contribution >= 0.6 is 0 Å². The zero-order valence-electron chi connectivity index (χ0n) is 7.47. The topological polar surface area (TPSA) is 0 Å². The Bertz CT molecular complexity index is 127. The van der Waals surface area contributed by atoms with Crippen LogP contribution in [0.25, 0.3) is 0 Å². The van der Waals surface area contributed by atoms with Gasteiger partial charge in [-0.15, -0.1) is 6.58 Å². The van der Waals surface area contributed by atoms with E-state index in [0.717, 1.165) is 12.3 Å². The molecule has 1 rings (SSSR count). The van der Waals surface area contributed by atoms with Crippen molar-refractivity contribution in [1.82, 2.24) is 0 Å². The second-order valence-electron chi connectivity index (χ2n) is 2.86. The summed E-state index contributed by atoms with van der Waals surface area (Å²) in [7, 11) is 0. The van der Waals surface area contributed by atoms with Crippen LogP contribution < -0.4 is 18.9 Å². The Morgan fingerprint density at radius 1 is 1.64 bits per heavy atom. The minimum atomic E-state index is 0. The Labute approximate surface area is 81.9 Å². The molecule has 0 bridgehead atoms. The average molecular weight is 142 g/mol. The van der Waals surface area contributed by atoms with E-state index in [1.807, 2.05) is 6.08 Å². The molecule has 0 aromatic rings. The fraction of sp³-hybridized carbons (Fsp3) is 0.600. The van der Waals surface area contributed by atoms with Crippen molar-refractivity contribution < 1.29 is 18.9 Å². The van der Waals surface area contributed by atoms with Crippen LogP contribution in [0.1, 0.15) is 32.1 Å². The Hall–Kier alpha value is 0.0774. The Morgan fingerprint density at radius 3 is 3.00 bits per heavy atom. The van der Waals surface area contributed by atoms with Crippen molar-refractivity contribution >= 4 is 0 Å². The fourth-order valence-electron chi connectivity index (χ4n) is 1.35. The molecular weight excluding hydrogens is 127 g/mol. The zero-order chi connectivity index (χ0) is 7.23. The van der Waals surface area contributed by atoms with Crippen molar-refractivity contribution in [2.45, 2.75) is 32.1 Å². The van der Waals surface area contributed by atoms with Crippen molar-refractivity contribution in [3.05, 3.63) is 24.8 Å². The third kappa shape index (κ3) is 4.51. The summed E-state index contributed by atoms with van der Waals surface area (Å²) in [5.74, 6) is 0.728. The molecule has 0 aliphatic heterocycles. The minimum Gasteiger partial charge on any atom is -0.497 e. The summed E-state index contributed by atoms with van der Waals surface area (Å²) < 4.78 is 0. The van der Waals surface area contributed by atoms with Crippen LogP contribution in [0.4, 0.5) is 0 Å². The van der Waals surface area contributed by atoms with Crippen molar-refractivity contribution in [3.63, 3.8) is 0 Å². The molecule has 1 unspecified atom stereocenters. The van der Waals surface area contributed by atoms with Crippen molar-refractivity contribution in [1.29, 1.82) is 0 Å². The van der Waals surface area contributed by atoms with Crippen LogP contribution in [0.2, 0.25) is 0 Å². The second kappa shape index (κ2) is 6.77. The summed E-state index contributed by atoms with van der Waals surface area (Å²) in [6.45, 7) is 3.71. The maximum Gasteiger partial charge on any atom is 1.00 e. The molecule has 0 aromatic heterocycles. The van der Waals surface area contributed by atoms with E-state index < -0.39 is 0 Å². The van der Waals surface area contributed by atoms with Gasteiger partial charge in [-0.3, -0.25) is 6.08 Å². The molecule has 0 spiro atoms. The van der Waals surface area contributed by atoms with E-state index in [2.05, 4.69) is 18.7 Å². The molecule has 0 saturated carbocycles. The third-order valence-electron chi connectivity index (χ3n) is 1.97. The minimum absolute atomic E-state index is 0. The van der Waals surface area contributed by atoms with Gasteiger partial charge in [0, 0.05) is 0 Å². The molecule has 11 heavy (non-hydrogen) atoms. The summed E-state index contributed by atoms with van der Waals surface area (Å²) in [5, 5.41) is 0. The van der Waals surface area contributed by atoms with E-state index in [-0.39, 0.29) is 18.9 Å². The van der Waals surface area contributed by atoms with Crippen LogP contribution in [0.15, 0.2) is 18.7 Å². The fourth-order valence-corrected chi connectivity index (χ4v) is 1.35. The van der Waals surface area contributed by atoms with Gasteiger partial charge in [-0.25, -0.2) is 0 Å². The van der Waals surface area contributed by atoms with Crippen molar-refractivity contribution in [2.24, 2.45) is 5.92 Å². The van der Waals surface area contributed by atoms with Gasteiger partial charge in [-0.1, -0.05) is 31.8 Å². The van der Waals surface area contributed by atoms with Crippen molar-refractivity contribution in [2.75, 3.05) is 0 Å². The quantitative estimate of drug-likeness (QED) is 0.298. The first-order valence-corrected chi connectivity index (χ1v) is 4.12. The van der Waals surface area contributed by atoms with E-state index in [9.17, 15) is 0 Å². The molecule has 1 heteroatoms. The van der Waals surface area contributed by atoms with Gasteiger partial charge >= 0.3 is 18.9 Å². The standard InChI is InChI=1S/C10H15.Li/c1-2-3-7-10-8-5-4-6-9-10;/h2,5,10H,1,3-4,6-7,9H2;/q-1;+1. The summed E-state index contributed by atoms with van der Waals surface area (Å²) in [5.41, 5.74) is 0.